The van der Waals surface area contributed by atoms with E-state index in [-0.39, 0.29) is 18.0 Å². The molecule has 2 atom stereocenters. The number of thiophene rings is 1. The van der Waals surface area contributed by atoms with Crippen molar-refractivity contribution in [3.8, 4) is 0 Å². The van der Waals surface area contributed by atoms with Crippen molar-refractivity contribution in [2.45, 2.75) is 38.3 Å². The fourth-order valence-corrected chi connectivity index (χ4v) is 4.00. The van der Waals surface area contributed by atoms with Crippen LogP contribution in [0.25, 0.3) is 10.1 Å². The van der Waals surface area contributed by atoms with Crippen LogP contribution >= 0.6 is 11.3 Å². The first-order chi connectivity index (χ1) is 9.66. The zero-order chi connectivity index (χ0) is 14.1. The molecule has 4 heteroatoms. The van der Waals surface area contributed by atoms with E-state index in [2.05, 4.69) is 12.1 Å². The zero-order valence-electron chi connectivity index (χ0n) is 11.7. The highest BCUT2D eigenvalue weighted by molar-refractivity contribution is 7.20. The number of rotatable bonds is 2. The largest absolute Gasteiger partial charge is 0.333 e. The third-order valence-electron chi connectivity index (χ3n) is 4.05. The highest BCUT2D eigenvalue weighted by atomic mass is 32.1. The molecule has 1 amide bonds. The Morgan fingerprint density at radius 2 is 2.20 bits per heavy atom. The van der Waals surface area contributed by atoms with Crippen molar-refractivity contribution in [2.75, 3.05) is 6.54 Å². The van der Waals surface area contributed by atoms with Crippen molar-refractivity contribution < 1.29 is 4.79 Å². The van der Waals surface area contributed by atoms with Gasteiger partial charge < -0.3 is 10.6 Å². The zero-order valence-corrected chi connectivity index (χ0v) is 12.5. The number of fused-ring (bicyclic) bond motifs is 1. The summed E-state index contributed by atoms with van der Waals surface area (Å²) in [5, 5.41) is 1.15. The van der Waals surface area contributed by atoms with E-state index in [1.807, 2.05) is 30.0 Å². The van der Waals surface area contributed by atoms with E-state index >= 15 is 0 Å². The second kappa shape index (κ2) is 5.54. The van der Waals surface area contributed by atoms with Crippen LogP contribution in [0.5, 0.6) is 0 Å². The Kier molecular flexibility index (Phi) is 3.76. The number of carbonyl (C=O) groups is 1. The summed E-state index contributed by atoms with van der Waals surface area (Å²) in [5.41, 5.74) is 6.06. The lowest BCUT2D eigenvalue weighted by molar-refractivity contribution is 0.0589. The molecular formula is C16H20N2OS. The Hall–Kier alpha value is -1.39. The first kappa shape index (κ1) is 13.6. The standard InChI is InChI=1S/C16H20N2OS/c1-11(17)13-7-4-5-9-18(13)16(19)15-10-12-6-2-3-8-14(12)20-15/h2-3,6,8,10-11,13H,4-5,7,9,17H2,1H3. The highest BCUT2D eigenvalue weighted by Crippen LogP contribution is 2.29. The van der Waals surface area contributed by atoms with Gasteiger partial charge in [0.2, 0.25) is 0 Å². The van der Waals surface area contributed by atoms with Crippen molar-refractivity contribution in [3.63, 3.8) is 0 Å². The molecule has 1 aliphatic rings. The normalized spacial score (nSPS) is 21.1. The summed E-state index contributed by atoms with van der Waals surface area (Å²) in [4.78, 5) is 15.6. The third kappa shape index (κ3) is 2.45. The monoisotopic (exact) mass is 288 g/mol. The van der Waals surface area contributed by atoms with Gasteiger partial charge in [-0.2, -0.15) is 0 Å². The summed E-state index contributed by atoms with van der Waals surface area (Å²) in [6.07, 6.45) is 3.27. The number of nitrogens with zero attached hydrogens (tertiary/aromatic N) is 1. The minimum absolute atomic E-state index is 0.0358. The molecule has 1 aromatic carbocycles. The molecule has 1 aromatic heterocycles. The maximum Gasteiger partial charge on any atom is 0.264 e. The lowest BCUT2D eigenvalue weighted by Crippen LogP contribution is -2.51. The average Bonchev–Trinajstić information content (AvgIpc) is 2.90. The van der Waals surface area contributed by atoms with E-state index in [0.29, 0.717) is 0 Å². The minimum atomic E-state index is 0.0358. The van der Waals surface area contributed by atoms with Gasteiger partial charge >= 0.3 is 0 Å². The van der Waals surface area contributed by atoms with Crippen molar-refractivity contribution in [1.82, 2.24) is 4.90 Å². The number of hydrogen-bond acceptors (Lipinski definition) is 3. The number of benzene rings is 1. The lowest BCUT2D eigenvalue weighted by Gasteiger charge is -2.37. The molecule has 0 spiro atoms. The van der Waals surface area contributed by atoms with Crippen molar-refractivity contribution in [1.29, 1.82) is 0 Å². The molecule has 0 saturated carbocycles. The third-order valence-corrected chi connectivity index (χ3v) is 5.16. The Morgan fingerprint density at radius 1 is 1.40 bits per heavy atom. The van der Waals surface area contributed by atoms with Gasteiger partial charge in [-0.3, -0.25) is 4.79 Å². The van der Waals surface area contributed by atoms with Crippen molar-refractivity contribution in [3.05, 3.63) is 35.2 Å². The molecule has 0 aliphatic carbocycles. The first-order valence-corrected chi connectivity index (χ1v) is 8.03. The molecule has 106 valence electrons. The van der Waals surface area contributed by atoms with Gasteiger partial charge in [-0.15, -0.1) is 11.3 Å². The minimum Gasteiger partial charge on any atom is -0.333 e. The van der Waals surface area contributed by atoms with Gasteiger partial charge in [-0.1, -0.05) is 18.2 Å². The predicted molar refractivity (Wildman–Crippen MR) is 84.1 cm³/mol. The van der Waals surface area contributed by atoms with Crippen LogP contribution in [0.2, 0.25) is 0 Å². The van der Waals surface area contributed by atoms with Gasteiger partial charge in [0.1, 0.15) is 0 Å². The number of likely N-dealkylation sites (tertiary alicyclic amines) is 1. The highest BCUT2D eigenvalue weighted by Gasteiger charge is 2.30. The van der Waals surface area contributed by atoms with E-state index in [9.17, 15) is 4.79 Å². The molecule has 1 saturated heterocycles. The Morgan fingerprint density at radius 3 is 2.95 bits per heavy atom. The Labute approximate surface area is 123 Å². The lowest BCUT2D eigenvalue weighted by atomic mass is 9.97. The van der Waals surface area contributed by atoms with Crippen molar-refractivity contribution in [2.24, 2.45) is 5.73 Å². The average molecular weight is 288 g/mol. The molecule has 2 aromatic rings. The first-order valence-electron chi connectivity index (χ1n) is 7.22. The van der Waals surface area contributed by atoms with Gasteiger partial charge in [-0.05, 0) is 43.7 Å². The Balaban J connectivity index is 1.90. The maximum atomic E-state index is 12.8. The van der Waals surface area contributed by atoms with E-state index < -0.39 is 0 Å². The molecular weight excluding hydrogens is 268 g/mol. The van der Waals surface area contributed by atoms with Crippen LogP contribution in [-0.4, -0.2) is 29.4 Å². The number of hydrogen-bond donors (Lipinski definition) is 1. The number of nitrogens with two attached hydrogens (primary N) is 1. The maximum absolute atomic E-state index is 12.8. The second-order valence-corrected chi connectivity index (χ2v) is 6.65. The summed E-state index contributed by atoms with van der Waals surface area (Å²) in [6, 6.07) is 10.4. The van der Waals surface area contributed by atoms with Gasteiger partial charge in [0, 0.05) is 23.3 Å². The van der Waals surface area contributed by atoms with Crippen LogP contribution in [0.4, 0.5) is 0 Å². The molecule has 2 heterocycles. The molecule has 2 N–H and O–H groups in total. The molecule has 0 radical (unpaired) electrons. The van der Waals surface area contributed by atoms with Crippen molar-refractivity contribution >= 4 is 27.3 Å². The van der Waals surface area contributed by atoms with Crippen LogP contribution in [0.3, 0.4) is 0 Å². The number of amides is 1. The summed E-state index contributed by atoms with van der Waals surface area (Å²) in [7, 11) is 0. The van der Waals surface area contributed by atoms with Gasteiger partial charge in [-0.25, -0.2) is 0 Å². The van der Waals surface area contributed by atoms with Crippen LogP contribution < -0.4 is 5.73 Å². The topological polar surface area (TPSA) is 46.3 Å². The quantitative estimate of drug-likeness (QED) is 0.922. The summed E-state index contributed by atoms with van der Waals surface area (Å²) in [5.74, 6) is 0.146. The molecule has 3 nitrogen and oxygen atoms in total. The Bertz CT molecular complexity index is 587. The number of piperidine rings is 1. The number of carbonyl (C=O) groups excluding carboxylic acids is 1. The SMILES string of the molecule is CC(N)C1CCCCN1C(=O)c1cc2ccccc2s1. The summed E-state index contributed by atoms with van der Waals surface area (Å²) in [6.45, 7) is 2.83. The fraction of sp³-hybridized carbons (Fsp3) is 0.438. The van der Waals surface area contributed by atoms with E-state index in [1.165, 1.54) is 11.1 Å². The van der Waals surface area contributed by atoms with Crippen LogP contribution in [0, 0.1) is 0 Å². The second-order valence-electron chi connectivity index (χ2n) is 5.57. The van der Waals surface area contributed by atoms with Crippen LogP contribution in [-0.2, 0) is 0 Å². The van der Waals surface area contributed by atoms with E-state index in [0.717, 1.165) is 29.6 Å². The molecule has 1 fully saturated rings. The smallest absolute Gasteiger partial charge is 0.264 e. The van der Waals surface area contributed by atoms with Gasteiger partial charge in [0.15, 0.2) is 0 Å². The molecule has 2 unspecified atom stereocenters. The summed E-state index contributed by atoms with van der Waals surface area (Å²) >= 11 is 1.58. The summed E-state index contributed by atoms with van der Waals surface area (Å²) < 4.78 is 1.17. The van der Waals surface area contributed by atoms with Crippen LogP contribution in [0.15, 0.2) is 30.3 Å². The van der Waals surface area contributed by atoms with E-state index in [1.54, 1.807) is 11.3 Å². The predicted octanol–water partition coefficient (Wildman–Crippen LogP) is 3.24. The molecule has 20 heavy (non-hydrogen) atoms. The van der Waals surface area contributed by atoms with Crippen LogP contribution in [0.1, 0.15) is 35.9 Å². The van der Waals surface area contributed by atoms with Gasteiger partial charge in [0.05, 0.1) is 4.88 Å². The molecule has 3 rings (SSSR count). The molecule has 1 aliphatic heterocycles. The van der Waals surface area contributed by atoms with E-state index in [4.69, 9.17) is 5.73 Å². The molecule has 0 bridgehead atoms. The van der Waals surface area contributed by atoms with Gasteiger partial charge in [0.25, 0.3) is 5.91 Å². The fourth-order valence-electron chi connectivity index (χ4n) is 2.98.